The lowest BCUT2D eigenvalue weighted by Crippen LogP contribution is -2.19. The summed E-state index contributed by atoms with van der Waals surface area (Å²) in [5.74, 6) is 0. The molecule has 0 aliphatic heterocycles. The number of rotatable bonds is 4. The molecule has 0 saturated heterocycles. The molecule has 0 fully saturated rings. The summed E-state index contributed by atoms with van der Waals surface area (Å²) in [5.41, 5.74) is 7.21. The molecule has 80 valence electrons. The molecule has 0 unspecified atom stereocenters. The Hall–Kier alpha value is -1.77. The van der Waals surface area contributed by atoms with Crippen molar-refractivity contribution < 1.29 is 0 Å². The van der Waals surface area contributed by atoms with Crippen molar-refractivity contribution in [1.29, 1.82) is 0 Å². The van der Waals surface area contributed by atoms with E-state index in [-0.39, 0.29) is 5.56 Å². The summed E-state index contributed by atoms with van der Waals surface area (Å²) < 4.78 is 1.62. The lowest BCUT2D eigenvalue weighted by Gasteiger charge is -2.06. The number of nitrogen functional groups attached to an aromatic ring is 1. The van der Waals surface area contributed by atoms with Gasteiger partial charge in [-0.1, -0.05) is 24.8 Å². The highest BCUT2D eigenvalue weighted by molar-refractivity contribution is 5.42. The molecule has 1 rings (SSSR count). The van der Waals surface area contributed by atoms with Gasteiger partial charge in [-0.25, -0.2) is 0 Å². The Labute approximate surface area is 89.5 Å². The summed E-state index contributed by atoms with van der Waals surface area (Å²) in [6, 6.07) is 1.56. The minimum Gasteiger partial charge on any atom is -0.397 e. The molecule has 0 bridgehead atoms. The highest BCUT2D eigenvalue weighted by Crippen LogP contribution is 2.05. The molecule has 0 aliphatic rings. The number of anilines is 1. The molecule has 0 spiro atoms. The van der Waals surface area contributed by atoms with E-state index in [4.69, 9.17) is 5.73 Å². The van der Waals surface area contributed by atoms with Crippen LogP contribution in [-0.4, -0.2) is 4.57 Å². The zero-order valence-electron chi connectivity index (χ0n) is 8.94. The predicted octanol–water partition coefficient (Wildman–Crippen LogP) is 1.87. The number of hydrogen-bond acceptors (Lipinski definition) is 2. The van der Waals surface area contributed by atoms with E-state index in [9.17, 15) is 4.79 Å². The smallest absolute Gasteiger partial charge is 0.250 e. The standard InChI is InChI=1S/C12H16N2O/c1-3-4-5-6-7-14-9-11(13)10(2)8-12(14)15/h3-5,8-9H,1,6-7,13H2,2H3/b5-4+. The molecule has 0 aliphatic carbocycles. The van der Waals surface area contributed by atoms with E-state index in [1.165, 1.54) is 0 Å². The van der Waals surface area contributed by atoms with Crippen LogP contribution in [0.1, 0.15) is 12.0 Å². The maximum atomic E-state index is 11.5. The molecule has 0 aromatic carbocycles. The van der Waals surface area contributed by atoms with Crippen LogP contribution < -0.4 is 11.3 Å². The number of nitrogens with two attached hydrogens (primary N) is 1. The monoisotopic (exact) mass is 204 g/mol. The molecule has 3 heteroatoms. The molecule has 0 atom stereocenters. The van der Waals surface area contributed by atoms with Crippen LogP contribution in [0.5, 0.6) is 0 Å². The molecule has 0 saturated carbocycles. The molecular formula is C12H16N2O. The van der Waals surface area contributed by atoms with Gasteiger partial charge in [0.1, 0.15) is 0 Å². The van der Waals surface area contributed by atoms with Crippen LogP contribution in [0, 0.1) is 6.92 Å². The van der Waals surface area contributed by atoms with Gasteiger partial charge in [0.2, 0.25) is 0 Å². The Kier molecular flexibility index (Phi) is 3.92. The van der Waals surface area contributed by atoms with Crippen LogP contribution >= 0.6 is 0 Å². The fourth-order valence-corrected chi connectivity index (χ4v) is 1.27. The van der Waals surface area contributed by atoms with E-state index in [0.29, 0.717) is 12.2 Å². The van der Waals surface area contributed by atoms with Crippen molar-refractivity contribution >= 4 is 5.69 Å². The number of aryl methyl sites for hydroxylation is 2. The van der Waals surface area contributed by atoms with Gasteiger partial charge in [0, 0.05) is 18.8 Å². The first kappa shape index (κ1) is 11.3. The minimum absolute atomic E-state index is 0.00583. The van der Waals surface area contributed by atoms with Gasteiger partial charge >= 0.3 is 0 Å². The van der Waals surface area contributed by atoms with Gasteiger partial charge in [-0.05, 0) is 18.9 Å². The lowest BCUT2D eigenvalue weighted by molar-refractivity contribution is 0.681. The minimum atomic E-state index is -0.00583. The summed E-state index contributed by atoms with van der Waals surface area (Å²) in [7, 11) is 0. The van der Waals surface area contributed by atoms with Gasteiger partial charge in [-0.3, -0.25) is 4.79 Å². The van der Waals surface area contributed by atoms with E-state index in [1.807, 2.05) is 19.1 Å². The fourth-order valence-electron chi connectivity index (χ4n) is 1.27. The van der Waals surface area contributed by atoms with Gasteiger partial charge in [0.15, 0.2) is 0 Å². The zero-order chi connectivity index (χ0) is 11.3. The van der Waals surface area contributed by atoms with Gasteiger partial charge in [0.05, 0.1) is 5.69 Å². The van der Waals surface area contributed by atoms with E-state index >= 15 is 0 Å². The van der Waals surface area contributed by atoms with Crippen molar-refractivity contribution in [2.75, 3.05) is 5.73 Å². The Morgan fingerprint density at radius 2 is 2.33 bits per heavy atom. The maximum absolute atomic E-state index is 11.5. The molecule has 0 amide bonds. The number of allylic oxidation sites excluding steroid dienone is 3. The average molecular weight is 204 g/mol. The highest BCUT2D eigenvalue weighted by Gasteiger charge is 1.98. The Balaban J connectivity index is 2.77. The molecule has 1 aromatic heterocycles. The molecule has 3 nitrogen and oxygen atoms in total. The fraction of sp³-hybridized carbons (Fsp3) is 0.250. The third-order valence-corrected chi connectivity index (χ3v) is 2.18. The second kappa shape index (κ2) is 5.20. The van der Waals surface area contributed by atoms with Crippen molar-refractivity contribution in [2.45, 2.75) is 19.9 Å². The first-order valence-electron chi connectivity index (χ1n) is 4.89. The van der Waals surface area contributed by atoms with E-state index in [0.717, 1.165) is 12.0 Å². The van der Waals surface area contributed by atoms with Crippen molar-refractivity contribution in [3.05, 3.63) is 53.0 Å². The van der Waals surface area contributed by atoms with E-state index in [1.54, 1.807) is 22.9 Å². The summed E-state index contributed by atoms with van der Waals surface area (Å²) in [6.45, 7) is 6.05. The molecular weight excluding hydrogens is 188 g/mol. The molecule has 2 N–H and O–H groups in total. The maximum Gasteiger partial charge on any atom is 0.250 e. The summed E-state index contributed by atoms with van der Waals surface area (Å²) in [5, 5.41) is 0. The zero-order valence-corrected chi connectivity index (χ0v) is 8.94. The topological polar surface area (TPSA) is 48.0 Å². The van der Waals surface area contributed by atoms with Crippen LogP contribution in [-0.2, 0) is 6.54 Å². The average Bonchev–Trinajstić information content (AvgIpc) is 2.20. The Morgan fingerprint density at radius 1 is 1.60 bits per heavy atom. The number of nitrogens with zero attached hydrogens (tertiary/aromatic N) is 1. The van der Waals surface area contributed by atoms with Crippen LogP contribution in [0.15, 0.2) is 41.9 Å². The molecule has 1 aromatic rings. The Morgan fingerprint density at radius 3 is 3.00 bits per heavy atom. The van der Waals surface area contributed by atoms with Gasteiger partial charge < -0.3 is 10.3 Å². The summed E-state index contributed by atoms with van der Waals surface area (Å²) >= 11 is 0. The normalized spacial score (nSPS) is 10.7. The van der Waals surface area contributed by atoms with E-state index < -0.39 is 0 Å². The molecule has 0 radical (unpaired) electrons. The predicted molar refractivity (Wildman–Crippen MR) is 63.8 cm³/mol. The van der Waals surface area contributed by atoms with Crippen LogP contribution in [0.25, 0.3) is 0 Å². The lowest BCUT2D eigenvalue weighted by atomic mass is 10.2. The Bertz CT molecular complexity index is 430. The van der Waals surface area contributed by atoms with E-state index in [2.05, 4.69) is 6.58 Å². The summed E-state index contributed by atoms with van der Waals surface area (Å²) in [6.07, 6.45) is 8.04. The van der Waals surface area contributed by atoms with Crippen LogP contribution in [0.3, 0.4) is 0 Å². The number of pyridine rings is 1. The second-order valence-corrected chi connectivity index (χ2v) is 3.40. The second-order valence-electron chi connectivity index (χ2n) is 3.40. The van der Waals surface area contributed by atoms with Crippen molar-refractivity contribution in [3.63, 3.8) is 0 Å². The highest BCUT2D eigenvalue weighted by atomic mass is 16.1. The van der Waals surface area contributed by atoms with Gasteiger partial charge in [-0.2, -0.15) is 0 Å². The first-order valence-corrected chi connectivity index (χ1v) is 4.89. The van der Waals surface area contributed by atoms with Gasteiger partial charge in [-0.15, -0.1) is 0 Å². The van der Waals surface area contributed by atoms with Crippen LogP contribution in [0.2, 0.25) is 0 Å². The number of hydrogen-bond donors (Lipinski definition) is 1. The third-order valence-electron chi connectivity index (χ3n) is 2.18. The quantitative estimate of drug-likeness (QED) is 0.761. The summed E-state index contributed by atoms with van der Waals surface area (Å²) in [4.78, 5) is 11.5. The third kappa shape index (κ3) is 3.13. The van der Waals surface area contributed by atoms with Gasteiger partial charge in [0.25, 0.3) is 5.56 Å². The number of aromatic nitrogens is 1. The van der Waals surface area contributed by atoms with Crippen LogP contribution in [0.4, 0.5) is 5.69 Å². The van der Waals surface area contributed by atoms with Crippen molar-refractivity contribution in [2.24, 2.45) is 0 Å². The molecule has 15 heavy (non-hydrogen) atoms. The molecule has 1 heterocycles. The first-order chi connectivity index (χ1) is 7.15. The van der Waals surface area contributed by atoms with Crippen molar-refractivity contribution in [1.82, 2.24) is 4.57 Å². The SMILES string of the molecule is C=C/C=C/CCn1cc(N)c(C)cc1=O. The van der Waals surface area contributed by atoms with Crippen molar-refractivity contribution in [3.8, 4) is 0 Å². The largest absolute Gasteiger partial charge is 0.397 e.